The van der Waals surface area contributed by atoms with E-state index in [-0.39, 0.29) is 0 Å². The lowest BCUT2D eigenvalue weighted by atomic mass is 10.0. The van der Waals surface area contributed by atoms with Gasteiger partial charge < -0.3 is 9.64 Å². The van der Waals surface area contributed by atoms with Gasteiger partial charge in [0.05, 0.1) is 6.54 Å². The molecule has 22 heavy (non-hydrogen) atoms. The summed E-state index contributed by atoms with van der Waals surface area (Å²) in [6.45, 7) is 5.79. The second-order valence-electron chi connectivity index (χ2n) is 6.02. The summed E-state index contributed by atoms with van der Waals surface area (Å²) < 4.78 is 6.02. The van der Waals surface area contributed by atoms with Gasteiger partial charge in [-0.1, -0.05) is 42.5 Å². The third-order valence-corrected chi connectivity index (χ3v) is 4.43. The molecular formula is C20H19NO. The first-order chi connectivity index (χ1) is 10.7. The van der Waals surface area contributed by atoms with Crippen LogP contribution in [0.5, 0.6) is 5.75 Å². The van der Waals surface area contributed by atoms with Crippen LogP contribution in [0.1, 0.15) is 16.7 Å². The maximum Gasteiger partial charge on any atom is 0.161 e. The fourth-order valence-corrected chi connectivity index (χ4v) is 3.21. The molecule has 2 nitrogen and oxygen atoms in total. The number of aryl methyl sites for hydroxylation is 2. The van der Waals surface area contributed by atoms with Gasteiger partial charge in [-0.05, 0) is 47.9 Å². The minimum Gasteiger partial charge on any atom is -0.473 e. The van der Waals surface area contributed by atoms with Crippen molar-refractivity contribution >= 4 is 16.5 Å². The molecule has 110 valence electrons. The van der Waals surface area contributed by atoms with E-state index in [2.05, 4.69) is 73.3 Å². The molecule has 0 N–H and O–H groups in total. The molecule has 0 unspecified atom stereocenters. The molecule has 1 aliphatic heterocycles. The van der Waals surface area contributed by atoms with E-state index in [0.29, 0.717) is 6.73 Å². The van der Waals surface area contributed by atoms with E-state index in [1.54, 1.807) is 0 Å². The molecule has 3 aromatic carbocycles. The second kappa shape index (κ2) is 5.06. The Morgan fingerprint density at radius 1 is 0.955 bits per heavy atom. The maximum atomic E-state index is 6.02. The zero-order valence-electron chi connectivity index (χ0n) is 13.0. The highest BCUT2D eigenvalue weighted by molar-refractivity contribution is 5.88. The number of hydrogen-bond acceptors (Lipinski definition) is 2. The number of rotatable bonds is 1. The van der Waals surface area contributed by atoms with Crippen molar-refractivity contribution in [2.45, 2.75) is 20.4 Å². The van der Waals surface area contributed by atoms with Gasteiger partial charge in [0.15, 0.2) is 6.73 Å². The van der Waals surface area contributed by atoms with Crippen LogP contribution >= 0.6 is 0 Å². The van der Waals surface area contributed by atoms with Crippen molar-refractivity contribution in [2.75, 3.05) is 11.6 Å². The monoisotopic (exact) mass is 289 g/mol. The molecular weight excluding hydrogens is 270 g/mol. The van der Waals surface area contributed by atoms with E-state index in [4.69, 9.17) is 4.74 Å². The molecule has 0 bridgehead atoms. The van der Waals surface area contributed by atoms with Crippen LogP contribution in [0, 0.1) is 13.8 Å². The smallest absolute Gasteiger partial charge is 0.161 e. The molecule has 0 aromatic heterocycles. The van der Waals surface area contributed by atoms with Crippen LogP contribution in [0.3, 0.4) is 0 Å². The van der Waals surface area contributed by atoms with E-state index in [9.17, 15) is 0 Å². The van der Waals surface area contributed by atoms with Gasteiger partial charge in [-0.3, -0.25) is 0 Å². The van der Waals surface area contributed by atoms with Crippen LogP contribution in [0.25, 0.3) is 10.8 Å². The maximum absolute atomic E-state index is 6.02. The van der Waals surface area contributed by atoms with Gasteiger partial charge in [0.2, 0.25) is 0 Å². The minimum absolute atomic E-state index is 0.607. The van der Waals surface area contributed by atoms with Gasteiger partial charge in [0.1, 0.15) is 5.75 Å². The molecule has 0 saturated heterocycles. The Balaban J connectivity index is 1.80. The van der Waals surface area contributed by atoms with Crippen molar-refractivity contribution in [3.8, 4) is 5.75 Å². The summed E-state index contributed by atoms with van der Waals surface area (Å²) in [6.07, 6.45) is 0. The molecule has 4 rings (SSSR count). The Labute approximate surface area is 130 Å². The average molecular weight is 289 g/mol. The van der Waals surface area contributed by atoms with Gasteiger partial charge in [-0.15, -0.1) is 0 Å². The molecule has 0 amide bonds. The largest absolute Gasteiger partial charge is 0.473 e. The predicted octanol–water partition coefficient (Wildman–Crippen LogP) is 4.81. The summed E-state index contributed by atoms with van der Waals surface area (Å²) >= 11 is 0. The van der Waals surface area contributed by atoms with Crippen LogP contribution < -0.4 is 9.64 Å². The van der Waals surface area contributed by atoms with Crippen LogP contribution in [-0.4, -0.2) is 6.73 Å². The molecule has 0 atom stereocenters. The van der Waals surface area contributed by atoms with Crippen molar-refractivity contribution in [3.05, 3.63) is 71.3 Å². The third kappa shape index (κ3) is 2.12. The molecule has 3 aromatic rings. The van der Waals surface area contributed by atoms with E-state index in [1.807, 2.05) is 0 Å². The normalized spacial score (nSPS) is 13.8. The molecule has 0 radical (unpaired) electrons. The fraction of sp³-hybridized carbons (Fsp3) is 0.200. The van der Waals surface area contributed by atoms with E-state index in [0.717, 1.165) is 12.3 Å². The summed E-state index contributed by atoms with van der Waals surface area (Å²) in [7, 11) is 0. The fourth-order valence-electron chi connectivity index (χ4n) is 3.21. The Kier molecular flexibility index (Phi) is 3.04. The zero-order valence-corrected chi connectivity index (χ0v) is 13.0. The minimum atomic E-state index is 0.607. The number of benzene rings is 3. The first-order valence-electron chi connectivity index (χ1n) is 7.68. The van der Waals surface area contributed by atoms with Crippen molar-refractivity contribution in [1.82, 2.24) is 0 Å². The summed E-state index contributed by atoms with van der Waals surface area (Å²) in [5.74, 6) is 1.01. The topological polar surface area (TPSA) is 12.5 Å². The quantitative estimate of drug-likeness (QED) is 0.637. The van der Waals surface area contributed by atoms with Gasteiger partial charge in [0, 0.05) is 11.3 Å². The number of anilines is 1. The second-order valence-corrected chi connectivity index (χ2v) is 6.02. The lowest BCUT2D eigenvalue weighted by Gasteiger charge is -2.32. The van der Waals surface area contributed by atoms with Crippen LogP contribution in [0.15, 0.2) is 54.6 Å². The van der Waals surface area contributed by atoms with Crippen molar-refractivity contribution in [1.29, 1.82) is 0 Å². The first kappa shape index (κ1) is 13.2. The van der Waals surface area contributed by atoms with Crippen LogP contribution in [-0.2, 0) is 6.54 Å². The highest BCUT2D eigenvalue weighted by Crippen LogP contribution is 2.35. The van der Waals surface area contributed by atoms with Crippen molar-refractivity contribution in [2.24, 2.45) is 0 Å². The highest BCUT2D eigenvalue weighted by atomic mass is 16.5. The summed E-state index contributed by atoms with van der Waals surface area (Å²) in [5.41, 5.74) is 5.12. The zero-order chi connectivity index (χ0) is 15.1. The Bertz CT molecular complexity index is 853. The number of nitrogens with zero attached hydrogens (tertiary/aromatic N) is 1. The Morgan fingerprint density at radius 2 is 1.82 bits per heavy atom. The lowest BCUT2D eigenvalue weighted by Crippen LogP contribution is -2.32. The number of ether oxygens (including phenoxy) is 1. The van der Waals surface area contributed by atoms with Gasteiger partial charge in [-0.25, -0.2) is 0 Å². The summed E-state index contributed by atoms with van der Waals surface area (Å²) in [6, 6.07) is 19.3. The molecule has 1 aliphatic rings. The number of hydrogen-bond donors (Lipinski definition) is 0. The van der Waals surface area contributed by atoms with Gasteiger partial charge in [0.25, 0.3) is 0 Å². The average Bonchev–Trinajstić information content (AvgIpc) is 2.56. The molecule has 1 heterocycles. The van der Waals surface area contributed by atoms with E-state index in [1.165, 1.54) is 33.2 Å². The van der Waals surface area contributed by atoms with Crippen LogP contribution in [0.2, 0.25) is 0 Å². The van der Waals surface area contributed by atoms with Gasteiger partial charge in [-0.2, -0.15) is 0 Å². The predicted molar refractivity (Wildman–Crippen MR) is 91.5 cm³/mol. The Morgan fingerprint density at radius 3 is 2.73 bits per heavy atom. The van der Waals surface area contributed by atoms with Gasteiger partial charge >= 0.3 is 0 Å². The number of fused-ring (bicyclic) bond motifs is 3. The van der Waals surface area contributed by atoms with Crippen LogP contribution in [0.4, 0.5) is 5.69 Å². The van der Waals surface area contributed by atoms with Crippen molar-refractivity contribution in [3.63, 3.8) is 0 Å². The first-order valence-corrected chi connectivity index (χ1v) is 7.68. The SMILES string of the molecule is Cc1ccc(C)c(N2COc3ccc4ccccc4c3C2)c1. The third-order valence-electron chi connectivity index (χ3n) is 4.43. The molecule has 0 saturated carbocycles. The molecule has 0 spiro atoms. The summed E-state index contributed by atoms with van der Waals surface area (Å²) in [4.78, 5) is 2.32. The van der Waals surface area contributed by atoms with E-state index < -0.39 is 0 Å². The summed E-state index contributed by atoms with van der Waals surface area (Å²) in [5, 5.41) is 2.56. The van der Waals surface area contributed by atoms with Crippen molar-refractivity contribution < 1.29 is 4.74 Å². The Hall–Kier alpha value is -2.48. The molecule has 0 aliphatic carbocycles. The molecule has 0 fully saturated rings. The lowest BCUT2D eigenvalue weighted by molar-refractivity contribution is 0.290. The highest BCUT2D eigenvalue weighted by Gasteiger charge is 2.20. The molecule has 2 heteroatoms. The standard InChI is InChI=1S/C20H19NO/c1-14-7-8-15(2)19(11-14)21-12-18-17-6-4-3-5-16(17)9-10-20(18)22-13-21/h3-11H,12-13H2,1-2H3. The van der Waals surface area contributed by atoms with E-state index >= 15 is 0 Å².